The van der Waals surface area contributed by atoms with Crippen LogP contribution in [0.5, 0.6) is 5.75 Å². The van der Waals surface area contributed by atoms with Crippen LogP contribution in [0.25, 0.3) is 0 Å². The summed E-state index contributed by atoms with van der Waals surface area (Å²) in [5.74, 6) is -2.51. The molecule has 10 heteroatoms. The van der Waals surface area contributed by atoms with Gasteiger partial charge in [0.05, 0.1) is 25.2 Å². The van der Waals surface area contributed by atoms with Gasteiger partial charge >= 0.3 is 6.09 Å². The largest absolute Gasteiger partial charge is 0.497 e. The molecule has 2 aromatic rings. The van der Waals surface area contributed by atoms with E-state index in [2.05, 4.69) is 5.32 Å². The topological polar surface area (TPSA) is 114 Å². The number of nitrogens with zero attached hydrogens (tertiary/aromatic N) is 1. The van der Waals surface area contributed by atoms with Crippen LogP contribution in [0, 0.1) is 5.92 Å². The van der Waals surface area contributed by atoms with Gasteiger partial charge in [0, 0.05) is 19.4 Å². The van der Waals surface area contributed by atoms with Crippen LogP contribution in [0.15, 0.2) is 59.5 Å². The van der Waals surface area contributed by atoms with Crippen molar-refractivity contribution in [3.8, 4) is 5.75 Å². The van der Waals surface area contributed by atoms with Crippen molar-refractivity contribution in [2.24, 2.45) is 5.92 Å². The SMILES string of the molecule is COc1ccc(S(=O)(=O)N(C)C(O)(NC(=O)OC2CCOC2)C(C)Cc2ccccc2)cc1. The second-order valence-corrected chi connectivity index (χ2v) is 9.95. The maximum Gasteiger partial charge on any atom is 0.410 e. The molecule has 0 aromatic heterocycles. The molecule has 1 aliphatic rings. The number of methoxy groups -OCH3 is 1. The first-order chi connectivity index (χ1) is 15.7. The van der Waals surface area contributed by atoms with Crippen molar-refractivity contribution in [1.82, 2.24) is 9.62 Å². The number of sulfonamides is 1. The molecule has 2 aromatic carbocycles. The summed E-state index contributed by atoms with van der Waals surface area (Å²) in [4.78, 5) is 12.6. The number of alkyl carbamates (subject to hydrolysis) is 1. The predicted octanol–water partition coefficient (Wildman–Crippen LogP) is 2.36. The number of ether oxygens (including phenoxy) is 3. The molecular formula is C23H30N2O7S. The molecule has 0 saturated carbocycles. The highest BCUT2D eigenvalue weighted by Gasteiger charge is 2.46. The standard InChI is InChI=1S/C23H30N2O7S/c1-17(15-18-7-5-4-6-8-18)23(27,24-22(26)32-20-13-14-31-16-20)25(2)33(28,29)21-11-9-19(30-3)10-12-21/h4-12,17,20,27H,13-16H2,1-3H3,(H,24,26). The summed E-state index contributed by atoms with van der Waals surface area (Å²) in [7, 11) is -1.50. The average molecular weight is 479 g/mol. The first-order valence-electron chi connectivity index (χ1n) is 10.6. The Hall–Kier alpha value is -2.66. The van der Waals surface area contributed by atoms with Crippen molar-refractivity contribution in [2.75, 3.05) is 27.4 Å². The number of carbonyl (C=O) groups excluding carboxylic acids is 1. The average Bonchev–Trinajstić information content (AvgIpc) is 3.31. The minimum absolute atomic E-state index is 0.0597. The molecule has 0 bridgehead atoms. The molecule has 33 heavy (non-hydrogen) atoms. The molecule has 1 heterocycles. The van der Waals surface area contributed by atoms with E-state index in [-0.39, 0.29) is 11.5 Å². The van der Waals surface area contributed by atoms with E-state index >= 15 is 0 Å². The maximum atomic E-state index is 13.4. The minimum Gasteiger partial charge on any atom is -0.497 e. The molecule has 0 aliphatic carbocycles. The quantitative estimate of drug-likeness (QED) is 0.532. The number of amides is 1. The Morgan fingerprint density at radius 2 is 1.91 bits per heavy atom. The molecule has 1 fully saturated rings. The summed E-state index contributed by atoms with van der Waals surface area (Å²) in [6.45, 7) is 2.38. The fraction of sp³-hybridized carbons (Fsp3) is 0.435. The minimum atomic E-state index is -4.20. The van der Waals surface area contributed by atoms with Gasteiger partial charge in [-0.25, -0.2) is 13.2 Å². The first-order valence-corrected chi connectivity index (χ1v) is 12.1. The Morgan fingerprint density at radius 1 is 1.24 bits per heavy atom. The second-order valence-electron chi connectivity index (χ2n) is 7.98. The third-order valence-electron chi connectivity index (χ3n) is 5.72. The summed E-state index contributed by atoms with van der Waals surface area (Å²) < 4.78 is 43.1. The lowest BCUT2D eigenvalue weighted by molar-refractivity contribution is -0.117. The molecule has 9 nitrogen and oxygen atoms in total. The van der Waals surface area contributed by atoms with Crippen molar-refractivity contribution in [1.29, 1.82) is 0 Å². The first kappa shape index (κ1) is 25.0. The Balaban J connectivity index is 1.90. The molecule has 2 N–H and O–H groups in total. The number of carbonyl (C=O) groups is 1. The summed E-state index contributed by atoms with van der Waals surface area (Å²) in [5, 5.41) is 14.0. The zero-order valence-electron chi connectivity index (χ0n) is 18.9. The number of aliphatic hydroxyl groups is 1. The third-order valence-corrected chi connectivity index (χ3v) is 7.58. The van der Waals surface area contributed by atoms with E-state index in [0.717, 1.165) is 9.87 Å². The van der Waals surface area contributed by atoms with Gasteiger partial charge in [-0.15, -0.1) is 0 Å². The third kappa shape index (κ3) is 5.83. The lowest BCUT2D eigenvalue weighted by atomic mass is 9.96. The van der Waals surface area contributed by atoms with Crippen molar-refractivity contribution in [3.63, 3.8) is 0 Å². The highest BCUT2D eigenvalue weighted by atomic mass is 32.2. The van der Waals surface area contributed by atoms with Crippen LogP contribution in [0.3, 0.4) is 0 Å². The molecule has 1 amide bonds. The highest BCUT2D eigenvalue weighted by Crippen LogP contribution is 2.29. The number of nitrogens with one attached hydrogen (secondary N) is 1. The zero-order chi connectivity index (χ0) is 24.1. The van der Waals surface area contributed by atoms with Gasteiger partial charge in [-0.05, 0) is 36.2 Å². The molecule has 1 aliphatic heterocycles. The molecule has 180 valence electrons. The lowest BCUT2D eigenvalue weighted by Crippen LogP contribution is -2.65. The van der Waals surface area contributed by atoms with E-state index in [9.17, 15) is 18.3 Å². The van der Waals surface area contributed by atoms with Crippen molar-refractivity contribution >= 4 is 16.1 Å². The molecular weight excluding hydrogens is 448 g/mol. The van der Waals surface area contributed by atoms with Crippen LogP contribution in [-0.2, 0) is 25.9 Å². The van der Waals surface area contributed by atoms with Gasteiger partial charge in [-0.1, -0.05) is 37.3 Å². The number of hydrogen-bond donors (Lipinski definition) is 2. The fourth-order valence-corrected chi connectivity index (χ4v) is 5.04. The Morgan fingerprint density at radius 3 is 2.48 bits per heavy atom. The summed E-state index contributed by atoms with van der Waals surface area (Å²) in [6, 6.07) is 15.1. The fourth-order valence-electron chi connectivity index (χ4n) is 3.65. The van der Waals surface area contributed by atoms with Gasteiger partial charge in [-0.2, -0.15) is 4.31 Å². The molecule has 0 radical (unpaired) electrons. The Labute approximate surface area is 194 Å². The van der Waals surface area contributed by atoms with Gasteiger partial charge in [-0.3, -0.25) is 5.32 Å². The van der Waals surface area contributed by atoms with E-state index in [1.165, 1.54) is 38.4 Å². The summed E-state index contributed by atoms with van der Waals surface area (Å²) in [5.41, 5.74) is 0.873. The molecule has 3 unspecified atom stereocenters. The van der Waals surface area contributed by atoms with Crippen molar-refractivity contribution < 1.29 is 32.5 Å². The van der Waals surface area contributed by atoms with Gasteiger partial charge in [0.2, 0.25) is 15.9 Å². The Bertz CT molecular complexity index is 1020. The van der Waals surface area contributed by atoms with Gasteiger partial charge in [0.15, 0.2) is 0 Å². The predicted molar refractivity (Wildman–Crippen MR) is 121 cm³/mol. The number of hydrogen-bond acceptors (Lipinski definition) is 7. The zero-order valence-corrected chi connectivity index (χ0v) is 19.7. The van der Waals surface area contributed by atoms with Crippen LogP contribution in [0.4, 0.5) is 4.79 Å². The molecule has 0 spiro atoms. The van der Waals surface area contributed by atoms with Crippen LogP contribution >= 0.6 is 0 Å². The van der Waals surface area contributed by atoms with Gasteiger partial charge < -0.3 is 19.3 Å². The number of rotatable bonds is 9. The molecule has 1 saturated heterocycles. The molecule has 3 atom stereocenters. The van der Waals surface area contributed by atoms with Crippen LogP contribution in [0.2, 0.25) is 0 Å². The monoisotopic (exact) mass is 478 g/mol. The van der Waals surface area contributed by atoms with Crippen molar-refractivity contribution in [3.05, 3.63) is 60.2 Å². The second kappa shape index (κ2) is 10.5. The maximum absolute atomic E-state index is 13.4. The number of benzene rings is 2. The summed E-state index contributed by atoms with van der Waals surface area (Å²) in [6.07, 6.45) is -0.551. The Kier molecular flexibility index (Phi) is 7.96. The van der Waals surface area contributed by atoms with Crippen LogP contribution < -0.4 is 10.1 Å². The van der Waals surface area contributed by atoms with E-state index in [1.807, 2.05) is 30.3 Å². The highest BCUT2D eigenvalue weighted by molar-refractivity contribution is 7.89. The smallest absolute Gasteiger partial charge is 0.410 e. The van der Waals surface area contributed by atoms with Gasteiger partial charge in [0.1, 0.15) is 11.9 Å². The van der Waals surface area contributed by atoms with Crippen LogP contribution in [0.1, 0.15) is 18.9 Å². The van der Waals surface area contributed by atoms with E-state index < -0.39 is 34.0 Å². The van der Waals surface area contributed by atoms with Crippen molar-refractivity contribution in [2.45, 2.75) is 36.6 Å². The van der Waals surface area contributed by atoms with E-state index in [1.54, 1.807) is 6.92 Å². The lowest BCUT2D eigenvalue weighted by Gasteiger charge is -2.40. The van der Waals surface area contributed by atoms with E-state index in [0.29, 0.717) is 25.2 Å². The van der Waals surface area contributed by atoms with E-state index in [4.69, 9.17) is 14.2 Å². The summed E-state index contributed by atoms with van der Waals surface area (Å²) >= 11 is 0. The molecule has 3 rings (SSSR count). The normalized spacial score (nSPS) is 19.0. The van der Waals surface area contributed by atoms with Crippen LogP contribution in [-0.4, -0.2) is 63.2 Å². The van der Waals surface area contributed by atoms with Gasteiger partial charge in [0.25, 0.3) is 0 Å².